The lowest BCUT2D eigenvalue weighted by molar-refractivity contribution is -0.117. The maximum absolute atomic E-state index is 13.9. The Morgan fingerprint density at radius 1 is 1.23 bits per heavy atom. The molecule has 1 saturated carbocycles. The van der Waals surface area contributed by atoms with Crippen molar-refractivity contribution in [3.63, 3.8) is 0 Å². The number of anilines is 1. The summed E-state index contributed by atoms with van der Waals surface area (Å²) in [6, 6.07) is 11.6. The monoisotopic (exact) mass is 639 g/mol. The number of aryl methyl sites for hydroxylation is 1. The summed E-state index contributed by atoms with van der Waals surface area (Å²) in [6.45, 7) is 5.30. The largest absolute Gasteiger partial charge is 0.490 e. The summed E-state index contributed by atoms with van der Waals surface area (Å²) in [5, 5.41) is 0.747. The van der Waals surface area contributed by atoms with E-state index in [1.807, 2.05) is 25.1 Å². The Morgan fingerprint density at radius 2 is 2.07 bits per heavy atom. The molecule has 4 aliphatic rings. The molecule has 0 radical (unpaired) electrons. The van der Waals surface area contributed by atoms with Crippen molar-refractivity contribution >= 4 is 39.0 Å². The topological polar surface area (TPSA) is 97.3 Å². The van der Waals surface area contributed by atoms with Crippen LogP contribution in [0.5, 0.6) is 5.75 Å². The van der Waals surface area contributed by atoms with Gasteiger partial charge < -0.3 is 14.4 Å². The second-order valence-corrected chi connectivity index (χ2v) is 15.6. The maximum atomic E-state index is 13.9. The minimum absolute atomic E-state index is 0.0274. The molecule has 2 heterocycles. The molecule has 2 aromatic carbocycles. The molecule has 2 amide bonds. The molecule has 8 nitrogen and oxygen atoms in total. The number of ether oxygens (including phenoxy) is 2. The van der Waals surface area contributed by atoms with Crippen LogP contribution in [0.1, 0.15) is 67.4 Å². The van der Waals surface area contributed by atoms with Crippen LogP contribution in [0.4, 0.5) is 5.69 Å². The molecule has 2 aliphatic heterocycles. The van der Waals surface area contributed by atoms with Crippen LogP contribution in [0.3, 0.4) is 0 Å². The Bertz CT molecular complexity index is 1600. The van der Waals surface area contributed by atoms with Gasteiger partial charge in [0.05, 0.1) is 24.2 Å². The van der Waals surface area contributed by atoms with Gasteiger partial charge in [0, 0.05) is 43.1 Å². The third-order valence-corrected chi connectivity index (χ3v) is 12.1. The maximum Gasteiger partial charge on any atom is 0.286 e. The predicted octanol–water partition coefficient (Wildman–Crippen LogP) is 6.11. The van der Waals surface area contributed by atoms with Crippen LogP contribution in [0.25, 0.3) is 0 Å². The van der Waals surface area contributed by atoms with E-state index < -0.39 is 21.7 Å². The average Bonchev–Trinajstić information content (AvgIpc) is 3.10. The zero-order chi connectivity index (χ0) is 31.1. The number of nitrogens with zero attached hydrogens (tertiary/aromatic N) is 2. The lowest BCUT2D eigenvalue weighted by Gasteiger charge is -2.46. The third-order valence-electron chi connectivity index (χ3n) is 9.82. The van der Waals surface area contributed by atoms with Gasteiger partial charge >= 0.3 is 0 Å². The van der Waals surface area contributed by atoms with E-state index >= 15 is 0 Å². The second kappa shape index (κ2) is 12.5. The first kappa shape index (κ1) is 31.1. The number of hydrogen-bond acceptors (Lipinski definition) is 6. The SMILES string of the molecule is CO[C@H]1/C=C/C[C@H](C)CS(=O)(NC(C)=O)=NC(=O)c2ccc3c(c2)N(C[C@@H]2CC[C@H]21)C[C@@]1(CCCc2cc(Cl)ccc21)CO3. The van der Waals surface area contributed by atoms with E-state index in [1.54, 1.807) is 13.2 Å². The van der Waals surface area contributed by atoms with E-state index in [1.165, 1.54) is 18.1 Å². The number of fused-ring (bicyclic) bond motifs is 4. The number of hydrogen-bond donors (Lipinski definition) is 1. The first-order valence-electron chi connectivity index (χ1n) is 15.7. The first-order chi connectivity index (χ1) is 21.1. The number of amides is 2. The van der Waals surface area contributed by atoms with E-state index in [0.717, 1.165) is 61.7 Å². The molecule has 6 rings (SSSR count). The molecule has 1 unspecified atom stereocenters. The van der Waals surface area contributed by atoms with Crippen LogP contribution in [-0.4, -0.2) is 54.7 Å². The predicted molar refractivity (Wildman–Crippen MR) is 174 cm³/mol. The summed E-state index contributed by atoms with van der Waals surface area (Å²) in [5.41, 5.74) is 3.48. The quantitative estimate of drug-likeness (QED) is 0.398. The number of carbonyl (C=O) groups excluding carboxylic acids is 2. The fourth-order valence-electron chi connectivity index (χ4n) is 7.59. The Hall–Kier alpha value is -2.88. The summed E-state index contributed by atoms with van der Waals surface area (Å²) in [4.78, 5) is 28.0. The number of methoxy groups -OCH3 is 1. The molecule has 2 bridgehead atoms. The second-order valence-electron chi connectivity index (χ2n) is 13.1. The number of carbonyl (C=O) groups is 2. The molecule has 1 fully saturated rings. The first-order valence-corrected chi connectivity index (χ1v) is 17.7. The van der Waals surface area contributed by atoms with Crippen LogP contribution in [-0.2, 0) is 31.3 Å². The van der Waals surface area contributed by atoms with E-state index in [0.29, 0.717) is 30.4 Å². The van der Waals surface area contributed by atoms with E-state index in [9.17, 15) is 13.8 Å². The zero-order valence-electron chi connectivity index (χ0n) is 25.7. The average molecular weight is 640 g/mol. The molecular weight excluding hydrogens is 598 g/mol. The molecule has 0 aromatic heterocycles. The van der Waals surface area contributed by atoms with Gasteiger partial charge in [-0.25, -0.2) is 4.21 Å². The van der Waals surface area contributed by atoms with Crippen molar-refractivity contribution in [2.24, 2.45) is 22.1 Å². The number of benzene rings is 2. The Kier molecular flexibility index (Phi) is 8.83. The minimum atomic E-state index is -3.34. The van der Waals surface area contributed by atoms with Crippen LogP contribution in [0.15, 0.2) is 52.9 Å². The fraction of sp³-hybridized carbons (Fsp3) is 0.529. The molecule has 1 N–H and O–H groups in total. The smallest absolute Gasteiger partial charge is 0.286 e. The summed E-state index contributed by atoms with van der Waals surface area (Å²) in [5.74, 6) is 0.385. The molecule has 44 heavy (non-hydrogen) atoms. The minimum Gasteiger partial charge on any atom is -0.490 e. The summed E-state index contributed by atoms with van der Waals surface area (Å²) in [6.07, 6.45) is 10.0. The Morgan fingerprint density at radius 3 is 2.82 bits per heavy atom. The summed E-state index contributed by atoms with van der Waals surface area (Å²) in [7, 11) is -1.57. The molecule has 236 valence electrons. The Balaban J connectivity index is 1.46. The van der Waals surface area contributed by atoms with Crippen LogP contribution < -0.4 is 14.4 Å². The van der Waals surface area contributed by atoms with E-state index in [-0.39, 0.29) is 23.2 Å². The van der Waals surface area contributed by atoms with E-state index in [2.05, 4.69) is 38.3 Å². The number of rotatable bonds is 2. The lowest BCUT2D eigenvalue weighted by Crippen LogP contribution is -2.49. The van der Waals surface area contributed by atoms with Gasteiger partial charge in [-0.2, -0.15) is 0 Å². The van der Waals surface area contributed by atoms with Crippen LogP contribution in [0, 0.1) is 17.8 Å². The summed E-state index contributed by atoms with van der Waals surface area (Å²) < 4.78 is 33.1. The molecule has 10 heteroatoms. The van der Waals surface area contributed by atoms with Gasteiger partial charge in [0.15, 0.2) is 0 Å². The molecule has 6 atom stereocenters. The van der Waals surface area contributed by atoms with Gasteiger partial charge in [-0.15, -0.1) is 4.36 Å². The van der Waals surface area contributed by atoms with Gasteiger partial charge in [0.25, 0.3) is 5.91 Å². The number of halogens is 1. The normalized spacial score (nSPS) is 32.6. The van der Waals surface area contributed by atoms with Crippen LogP contribution in [0.2, 0.25) is 5.02 Å². The highest BCUT2D eigenvalue weighted by Crippen LogP contribution is 2.47. The van der Waals surface area contributed by atoms with Crippen LogP contribution >= 0.6 is 11.6 Å². The molecule has 2 aliphatic carbocycles. The summed E-state index contributed by atoms with van der Waals surface area (Å²) >= 11 is 6.42. The highest BCUT2D eigenvalue weighted by molar-refractivity contribution is 7.92. The standard InChI is InChI=1S/C34H42ClN3O5S/c1-22-6-4-8-31(42-3)28-12-9-26(28)18-38-20-34(15-5-7-24-16-27(35)11-13-29(24)34)21-43-32-14-10-25(17-30(32)38)33(40)37-44(41,19-22)36-23(2)39/h4,8,10-11,13-14,16-17,22,26,28,31H,5-7,9,12,15,18-21H2,1-3H3,(H,36,37,39,40,41)/b8-4+/t22-,26-,28+,31-,34-,44?/m0/s1. The third kappa shape index (κ3) is 6.28. The molecular formula is C34H42ClN3O5S. The van der Waals surface area contributed by atoms with Crippen molar-refractivity contribution in [1.29, 1.82) is 0 Å². The molecule has 2 aromatic rings. The van der Waals surface area contributed by atoms with Crippen molar-refractivity contribution in [3.8, 4) is 5.75 Å². The van der Waals surface area contributed by atoms with Gasteiger partial charge in [-0.05, 0) is 97.7 Å². The number of allylic oxidation sites excluding steroid dienone is 1. The van der Waals surface area contributed by atoms with Gasteiger partial charge in [-0.1, -0.05) is 36.7 Å². The number of nitrogens with one attached hydrogen (secondary N) is 1. The fourth-order valence-corrected chi connectivity index (χ4v) is 9.72. The van der Waals surface area contributed by atoms with E-state index in [4.69, 9.17) is 21.1 Å². The molecule has 1 spiro atoms. The van der Waals surface area contributed by atoms with Crippen molar-refractivity contribution in [2.45, 2.75) is 63.9 Å². The molecule has 0 saturated heterocycles. The van der Waals surface area contributed by atoms with Crippen molar-refractivity contribution < 1.29 is 23.3 Å². The van der Waals surface area contributed by atoms with Crippen molar-refractivity contribution in [2.75, 3.05) is 37.5 Å². The van der Waals surface area contributed by atoms with Crippen molar-refractivity contribution in [3.05, 3.63) is 70.3 Å². The Labute approximate surface area is 265 Å². The van der Waals surface area contributed by atoms with Gasteiger partial charge in [0.1, 0.15) is 15.7 Å². The van der Waals surface area contributed by atoms with Crippen molar-refractivity contribution in [1.82, 2.24) is 4.72 Å². The highest BCUT2D eigenvalue weighted by atomic mass is 35.5. The lowest BCUT2D eigenvalue weighted by atomic mass is 9.68. The van der Waals surface area contributed by atoms with Gasteiger partial charge in [0.2, 0.25) is 5.91 Å². The highest BCUT2D eigenvalue weighted by Gasteiger charge is 2.44. The zero-order valence-corrected chi connectivity index (χ0v) is 27.3. The van der Waals surface area contributed by atoms with Gasteiger partial charge in [-0.3, -0.25) is 14.3 Å².